The highest BCUT2D eigenvalue weighted by molar-refractivity contribution is 4.96. The van der Waals surface area contributed by atoms with Crippen LogP contribution in [0.5, 0.6) is 0 Å². The van der Waals surface area contributed by atoms with Crippen LogP contribution in [0.25, 0.3) is 0 Å². The van der Waals surface area contributed by atoms with Gasteiger partial charge in [0.25, 0.3) is 0 Å². The molecule has 1 saturated heterocycles. The third kappa shape index (κ3) is 2.05. The van der Waals surface area contributed by atoms with Crippen LogP contribution in [0.15, 0.2) is 0 Å². The number of piperidine rings is 1. The van der Waals surface area contributed by atoms with E-state index in [1.54, 1.807) is 6.04 Å². The van der Waals surface area contributed by atoms with Crippen molar-refractivity contribution in [2.45, 2.75) is 51.2 Å². The maximum atomic E-state index is 5.52. The van der Waals surface area contributed by atoms with Crippen molar-refractivity contribution in [2.24, 2.45) is 0 Å². The van der Waals surface area contributed by atoms with E-state index in [0.717, 1.165) is 0 Å². The van der Waals surface area contributed by atoms with E-state index in [1.807, 2.05) is 7.11 Å². The van der Waals surface area contributed by atoms with E-state index >= 15 is 0 Å². The van der Waals surface area contributed by atoms with E-state index in [9.17, 15) is 0 Å². The average Bonchev–Trinajstić information content (AvgIpc) is 2.70. The lowest BCUT2D eigenvalue weighted by molar-refractivity contribution is -0.0522. The molecule has 1 heterocycles. The number of methoxy groups -OCH3 is 1. The topological polar surface area (TPSA) is 12.5 Å². The minimum Gasteiger partial charge on any atom is -0.366 e. The minimum absolute atomic E-state index is 0.391. The van der Waals surface area contributed by atoms with Crippen LogP contribution in [0.2, 0.25) is 0 Å². The van der Waals surface area contributed by atoms with Crippen LogP contribution in [0, 0.1) is 6.04 Å². The van der Waals surface area contributed by atoms with Gasteiger partial charge in [0.2, 0.25) is 0 Å². The van der Waals surface area contributed by atoms with Gasteiger partial charge in [0.1, 0.15) is 6.23 Å². The van der Waals surface area contributed by atoms with Crippen molar-refractivity contribution in [1.82, 2.24) is 4.90 Å². The highest BCUT2D eigenvalue weighted by Gasteiger charge is 2.30. The molecule has 2 aliphatic rings. The predicted octanol–water partition coefficient (Wildman–Crippen LogP) is 2.55. The Hall–Kier alpha value is -0.0800. The maximum Gasteiger partial charge on any atom is 0.110 e. The number of hydrogen-bond acceptors (Lipinski definition) is 2. The van der Waals surface area contributed by atoms with Gasteiger partial charge in [-0.1, -0.05) is 12.8 Å². The smallest absolute Gasteiger partial charge is 0.110 e. The average molecular weight is 182 g/mol. The first-order chi connectivity index (χ1) is 6.42. The molecule has 0 spiro atoms. The van der Waals surface area contributed by atoms with Crippen LogP contribution in [0.4, 0.5) is 0 Å². The summed E-state index contributed by atoms with van der Waals surface area (Å²) in [7, 11) is 1.85. The molecule has 1 atom stereocenters. The lowest BCUT2D eigenvalue weighted by Crippen LogP contribution is -2.42. The second-order valence-electron chi connectivity index (χ2n) is 4.15. The summed E-state index contributed by atoms with van der Waals surface area (Å²) in [5, 5.41) is 0. The molecular formula is C11H20NO. The van der Waals surface area contributed by atoms with Crippen molar-refractivity contribution in [1.29, 1.82) is 0 Å². The van der Waals surface area contributed by atoms with E-state index < -0.39 is 0 Å². The van der Waals surface area contributed by atoms with Gasteiger partial charge in [-0.15, -0.1) is 0 Å². The zero-order valence-corrected chi connectivity index (χ0v) is 8.59. The molecular weight excluding hydrogens is 162 g/mol. The molecule has 0 N–H and O–H groups in total. The minimum atomic E-state index is 0.391. The van der Waals surface area contributed by atoms with Crippen molar-refractivity contribution >= 4 is 0 Å². The first-order valence-corrected chi connectivity index (χ1v) is 5.56. The number of nitrogens with zero attached hydrogens (tertiary/aromatic N) is 1. The van der Waals surface area contributed by atoms with Crippen molar-refractivity contribution in [3.8, 4) is 0 Å². The third-order valence-corrected chi connectivity index (χ3v) is 3.31. The maximum absolute atomic E-state index is 5.52. The van der Waals surface area contributed by atoms with Crippen molar-refractivity contribution in [2.75, 3.05) is 13.7 Å². The van der Waals surface area contributed by atoms with E-state index in [0.29, 0.717) is 6.23 Å². The highest BCUT2D eigenvalue weighted by atomic mass is 16.5. The monoisotopic (exact) mass is 182 g/mol. The van der Waals surface area contributed by atoms with Gasteiger partial charge in [-0.05, 0) is 32.1 Å². The quantitative estimate of drug-likeness (QED) is 0.650. The summed E-state index contributed by atoms with van der Waals surface area (Å²) in [4.78, 5) is 2.52. The molecule has 0 aromatic carbocycles. The molecule has 2 heteroatoms. The highest BCUT2D eigenvalue weighted by Crippen LogP contribution is 2.34. The fourth-order valence-electron chi connectivity index (χ4n) is 2.58. The molecule has 1 radical (unpaired) electrons. The van der Waals surface area contributed by atoms with Gasteiger partial charge >= 0.3 is 0 Å². The fourth-order valence-corrected chi connectivity index (χ4v) is 2.58. The lowest BCUT2D eigenvalue weighted by atomic mass is 10.1. The van der Waals surface area contributed by atoms with Crippen molar-refractivity contribution < 1.29 is 4.74 Å². The molecule has 0 amide bonds. The predicted molar refractivity (Wildman–Crippen MR) is 53.1 cm³/mol. The first kappa shape index (κ1) is 9.47. The molecule has 13 heavy (non-hydrogen) atoms. The summed E-state index contributed by atoms with van der Waals surface area (Å²) in [5.41, 5.74) is 0. The van der Waals surface area contributed by atoms with Gasteiger partial charge < -0.3 is 4.74 Å². The molecule has 1 aliphatic carbocycles. The summed E-state index contributed by atoms with van der Waals surface area (Å²) >= 11 is 0. The van der Waals surface area contributed by atoms with Gasteiger partial charge in [-0.3, -0.25) is 4.90 Å². The van der Waals surface area contributed by atoms with Gasteiger partial charge in [-0.25, -0.2) is 0 Å². The number of rotatable bonds is 2. The molecule has 0 aromatic rings. The Morgan fingerprint density at radius 1 is 1.15 bits per heavy atom. The summed E-state index contributed by atoms with van der Waals surface area (Å²) < 4.78 is 5.52. The van der Waals surface area contributed by atoms with Crippen LogP contribution >= 0.6 is 0 Å². The largest absolute Gasteiger partial charge is 0.366 e. The Morgan fingerprint density at radius 3 is 2.62 bits per heavy atom. The van der Waals surface area contributed by atoms with Crippen molar-refractivity contribution in [3.05, 3.63) is 6.04 Å². The molecule has 1 unspecified atom stereocenters. The standard InChI is InChI=1S/C11H20NO/c1-13-11-8-4-5-9-12(11)10-6-2-3-7-10/h11H,2-9H2,1H3. The molecule has 1 saturated carbocycles. The van der Waals surface area contributed by atoms with Gasteiger partial charge in [-0.2, -0.15) is 0 Å². The SMILES string of the molecule is COC1CCCCN1[C]1CCCC1. The summed E-state index contributed by atoms with van der Waals surface area (Å²) in [6, 6.07) is 1.66. The molecule has 2 fully saturated rings. The van der Waals surface area contributed by atoms with Crippen LogP contribution < -0.4 is 0 Å². The molecule has 1 aliphatic heterocycles. The molecule has 2 nitrogen and oxygen atoms in total. The Kier molecular flexibility index (Phi) is 3.23. The Labute approximate surface area is 81.3 Å². The van der Waals surface area contributed by atoms with E-state index in [1.165, 1.54) is 51.5 Å². The molecule has 0 bridgehead atoms. The Bertz CT molecular complexity index is 152. The van der Waals surface area contributed by atoms with Crippen LogP contribution in [0.1, 0.15) is 44.9 Å². The second-order valence-corrected chi connectivity index (χ2v) is 4.15. The number of ether oxygens (including phenoxy) is 1. The first-order valence-electron chi connectivity index (χ1n) is 5.56. The lowest BCUT2D eigenvalue weighted by Gasteiger charge is -2.38. The van der Waals surface area contributed by atoms with Crippen molar-refractivity contribution in [3.63, 3.8) is 0 Å². The van der Waals surface area contributed by atoms with Crippen LogP contribution in [-0.4, -0.2) is 24.8 Å². The number of likely N-dealkylation sites (tertiary alicyclic amines) is 1. The van der Waals surface area contributed by atoms with Gasteiger partial charge in [0.05, 0.1) is 0 Å². The second kappa shape index (κ2) is 4.43. The molecule has 0 aromatic heterocycles. The van der Waals surface area contributed by atoms with E-state index in [4.69, 9.17) is 4.74 Å². The third-order valence-electron chi connectivity index (χ3n) is 3.31. The Balaban J connectivity index is 1.93. The molecule has 2 rings (SSSR count). The zero-order valence-electron chi connectivity index (χ0n) is 8.59. The van der Waals surface area contributed by atoms with Crippen LogP contribution in [0.3, 0.4) is 0 Å². The van der Waals surface area contributed by atoms with Crippen LogP contribution in [-0.2, 0) is 4.74 Å². The fraction of sp³-hybridized carbons (Fsp3) is 0.909. The summed E-state index contributed by atoms with van der Waals surface area (Å²) in [5.74, 6) is 0. The zero-order chi connectivity index (χ0) is 9.10. The van der Waals surface area contributed by atoms with E-state index in [2.05, 4.69) is 4.90 Å². The van der Waals surface area contributed by atoms with Gasteiger partial charge in [0.15, 0.2) is 0 Å². The number of hydrogen-bond donors (Lipinski definition) is 0. The summed E-state index contributed by atoms with van der Waals surface area (Å²) in [6.07, 6.45) is 9.72. The molecule has 75 valence electrons. The van der Waals surface area contributed by atoms with Gasteiger partial charge in [0, 0.05) is 19.7 Å². The van der Waals surface area contributed by atoms with E-state index in [-0.39, 0.29) is 0 Å². The normalized spacial score (nSPS) is 32.5. The summed E-state index contributed by atoms with van der Waals surface area (Å²) in [6.45, 7) is 1.23. The Morgan fingerprint density at radius 2 is 1.92 bits per heavy atom.